The zero-order chi connectivity index (χ0) is 34.5. The Balaban J connectivity index is 1.75. The van der Waals surface area contributed by atoms with Crippen molar-refractivity contribution in [2.75, 3.05) is 38.2 Å². The van der Waals surface area contributed by atoms with Crippen LogP contribution in [0, 0.1) is 0 Å². The Morgan fingerprint density at radius 1 is 0.894 bits per heavy atom. The van der Waals surface area contributed by atoms with Gasteiger partial charge in [0.15, 0.2) is 5.71 Å². The van der Waals surface area contributed by atoms with E-state index in [0.717, 1.165) is 25.1 Å². The molecule has 248 valence electrons. The molecule has 4 rings (SSSR count). The SMILES string of the molecule is COc1cc(N/N=C2\C(=O)c3c(cc(S(=O)(=O)O)cc3NC(C)=O)C=C2S(=O)(=O)O)c(OC)cc1/N=N/c1ccc(OCCO)cc1. The number of fused-ring (bicyclic) bond motifs is 1. The second-order valence-corrected chi connectivity index (χ2v) is 12.3. The fourth-order valence-electron chi connectivity index (χ4n) is 4.23. The van der Waals surface area contributed by atoms with Gasteiger partial charge in [-0.25, -0.2) is 0 Å². The van der Waals surface area contributed by atoms with Gasteiger partial charge < -0.3 is 24.6 Å². The first-order valence-electron chi connectivity index (χ1n) is 13.2. The highest BCUT2D eigenvalue weighted by Crippen LogP contribution is 2.40. The summed E-state index contributed by atoms with van der Waals surface area (Å²) in [5, 5.41) is 23.4. The van der Waals surface area contributed by atoms with E-state index in [-0.39, 0.29) is 52.9 Å². The molecule has 19 heteroatoms. The van der Waals surface area contributed by atoms with E-state index in [2.05, 4.69) is 26.1 Å². The lowest BCUT2D eigenvalue weighted by atomic mass is 9.93. The van der Waals surface area contributed by atoms with Crippen LogP contribution in [0.5, 0.6) is 17.2 Å². The van der Waals surface area contributed by atoms with Gasteiger partial charge in [-0.1, -0.05) is 0 Å². The van der Waals surface area contributed by atoms with E-state index >= 15 is 0 Å². The summed E-state index contributed by atoms with van der Waals surface area (Å²) in [5.74, 6) is -1.08. The number of ether oxygens (including phenoxy) is 3. The fourth-order valence-corrected chi connectivity index (χ4v) is 5.43. The smallest absolute Gasteiger partial charge is 0.296 e. The Hall–Kier alpha value is -5.21. The van der Waals surface area contributed by atoms with Gasteiger partial charge in [-0.15, -0.1) is 5.11 Å². The highest BCUT2D eigenvalue weighted by molar-refractivity contribution is 7.91. The monoisotopic (exact) mass is 689 g/mol. The summed E-state index contributed by atoms with van der Waals surface area (Å²) in [5.41, 5.74) is 1.32. The molecule has 0 saturated heterocycles. The van der Waals surface area contributed by atoms with Gasteiger partial charge in [-0.2, -0.15) is 27.1 Å². The van der Waals surface area contributed by atoms with E-state index < -0.39 is 47.4 Å². The fraction of sp³-hybridized carbons (Fsp3) is 0.179. The van der Waals surface area contributed by atoms with Gasteiger partial charge in [0.2, 0.25) is 11.7 Å². The molecule has 0 aromatic heterocycles. The van der Waals surface area contributed by atoms with Crippen LogP contribution >= 0.6 is 0 Å². The van der Waals surface area contributed by atoms with Crippen LogP contribution in [0.25, 0.3) is 6.08 Å². The largest absolute Gasteiger partial charge is 0.494 e. The lowest BCUT2D eigenvalue weighted by Gasteiger charge is -2.20. The molecule has 1 aliphatic rings. The number of aliphatic hydroxyl groups is 1. The number of anilines is 2. The number of Topliss-reactive ketones (excluding diaryl/α,β-unsaturated/α-hetero) is 1. The molecule has 0 unspecified atom stereocenters. The van der Waals surface area contributed by atoms with Gasteiger partial charge in [0.25, 0.3) is 20.2 Å². The van der Waals surface area contributed by atoms with Crippen LogP contribution in [0.4, 0.5) is 22.7 Å². The third-order valence-electron chi connectivity index (χ3n) is 6.25. The number of amides is 1. The van der Waals surface area contributed by atoms with Crippen molar-refractivity contribution in [2.24, 2.45) is 15.3 Å². The van der Waals surface area contributed by atoms with Crippen molar-refractivity contribution < 1.29 is 54.8 Å². The molecule has 3 aromatic rings. The molecule has 0 spiro atoms. The Bertz CT molecular complexity index is 2040. The van der Waals surface area contributed by atoms with Crippen LogP contribution in [-0.4, -0.2) is 75.9 Å². The molecular formula is C28H27N5O12S2. The quantitative estimate of drug-likeness (QED) is 0.104. The number of hydrogen-bond acceptors (Lipinski definition) is 14. The average molecular weight is 690 g/mol. The predicted octanol–water partition coefficient (Wildman–Crippen LogP) is 3.59. The molecule has 0 saturated carbocycles. The summed E-state index contributed by atoms with van der Waals surface area (Å²) in [6.45, 7) is 1.07. The molecule has 1 amide bonds. The zero-order valence-corrected chi connectivity index (χ0v) is 26.4. The van der Waals surface area contributed by atoms with Crippen LogP contribution in [0.15, 0.2) is 73.7 Å². The van der Waals surface area contributed by atoms with Gasteiger partial charge in [0.05, 0.1) is 42.7 Å². The highest BCUT2D eigenvalue weighted by atomic mass is 32.2. The van der Waals surface area contributed by atoms with Crippen LogP contribution in [-0.2, 0) is 25.0 Å². The lowest BCUT2D eigenvalue weighted by Crippen LogP contribution is -2.28. The third kappa shape index (κ3) is 8.15. The molecule has 0 radical (unpaired) electrons. The number of nitrogens with one attached hydrogen (secondary N) is 2. The van der Waals surface area contributed by atoms with E-state index in [0.29, 0.717) is 11.4 Å². The first kappa shape index (κ1) is 34.7. The predicted molar refractivity (Wildman–Crippen MR) is 168 cm³/mol. The van der Waals surface area contributed by atoms with E-state index in [1.165, 1.54) is 26.4 Å². The van der Waals surface area contributed by atoms with Gasteiger partial charge in [-0.05, 0) is 48.0 Å². The summed E-state index contributed by atoms with van der Waals surface area (Å²) in [6, 6.07) is 10.9. The number of hydrogen-bond donors (Lipinski definition) is 5. The average Bonchev–Trinajstić information content (AvgIpc) is 3.01. The number of ketones is 1. The number of azo groups is 1. The van der Waals surface area contributed by atoms with Crippen LogP contribution in [0.1, 0.15) is 22.8 Å². The Morgan fingerprint density at radius 2 is 1.57 bits per heavy atom. The topological polar surface area (TPSA) is 252 Å². The number of hydrazone groups is 1. The number of aliphatic hydroxyl groups excluding tert-OH is 1. The molecule has 5 N–H and O–H groups in total. The van der Waals surface area contributed by atoms with Gasteiger partial charge in [0, 0.05) is 19.1 Å². The van der Waals surface area contributed by atoms with Crippen molar-refractivity contribution in [1.82, 2.24) is 0 Å². The summed E-state index contributed by atoms with van der Waals surface area (Å²) in [7, 11) is -7.36. The maximum Gasteiger partial charge on any atom is 0.296 e. The first-order chi connectivity index (χ1) is 22.2. The van der Waals surface area contributed by atoms with Crippen molar-refractivity contribution in [3.63, 3.8) is 0 Å². The van der Waals surface area contributed by atoms with Crippen LogP contribution < -0.4 is 25.0 Å². The maximum absolute atomic E-state index is 13.6. The second-order valence-electron chi connectivity index (χ2n) is 9.47. The van der Waals surface area contributed by atoms with E-state index in [1.807, 2.05) is 0 Å². The second kappa shape index (κ2) is 14.1. The van der Waals surface area contributed by atoms with Crippen LogP contribution in [0.3, 0.4) is 0 Å². The van der Waals surface area contributed by atoms with Crippen molar-refractivity contribution in [3.05, 3.63) is 64.6 Å². The molecule has 0 aliphatic heterocycles. The number of carbonyl (C=O) groups is 2. The zero-order valence-electron chi connectivity index (χ0n) is 24.8. The van der Waals surface area contributed by atoms with Crippen molar-refractivity contribution in [1.29, 1.82) is 0 Å². The Labute approximate surface area is 268 Å². The number of benzene rings is 3. The van der Waals surface area contributed by atoms with Crippen LogP contribution in [0.2, 0.25) is 0 Å². The van der Waals surface area contributed by atoms with E-state index in [9.17, 15) is 35.5 Å². The molecule has 0 heterocycles. The van der Waals surface area contributed by atoms with Crippen molar-refractivity contribution in [2.45, 2.75) is 11.8 Å². The number of nitrogens with zero attached hydrogens (tertiary/aromatic N) is 3. The standard InChI is InChI=1S/C28H27N5O12S2/c1-15(35)29-22-12-19(46(37,38)39)10-16-11-25(47(40,41)42)27(28(36)26(16)22)33-32-21-14-23(43-2)20(13-24(21)44-3)31-30-17-4-6-18(7-5-17)45-9-8-34/h4-7,10-14,32,34H,8-9H2,1-3H3,(H,29,35)(H,37,38,39)(H,40,41,42)/b31-30+,33-27-. The minimum Gasteiger partial charge on any atom is -0.494 e. The lowest BCUT2D eigenvalue weighted by molar-refractivity contribution is -0.114. The normalized spacial score (nSPS) is 14.0. The number of rotatable bonds is 12. The molecule has 1 aliphatic carbocycles. The minimum atomic E-state index is -5.15. The summed E-state index contributed by atoms with van der Waals surface area (Å²) in [6.07, 6.45) is 0.763. The maximum atomic E-state index is 13.6. The number of carbonyl (C=O) groups excluding carboxylic acids is 2. The molecule has 3 aromatic carbocycles. The summed E-state index contributed by atoms with van der Waals surface area (Å²) in [4.78, 5) is 23.7. The third-order valence-corrected chi connectivity index (χ3v) is 7.95. The molecule has 47 heavy (non-hydrogen) atoms. The molecule has 0 fully saturated rings. The summed E-state index contributed by atoms with van der Waals surface area (Å²) < 4.78 is 83.9. The number of allylic oxidation sites excluding steroid dienone is 1. The Kier molecular flexibility index (Phi) is 10.4. The Morgan fingerprint density at radius 3 is 2.15 bits per heavy atom. The molecular weight excluding hydrogens is 662 g/mol. The molecule has 0 atom stereocenters. The van der Waals surface area contributed by atoms with Crippen molar-refractivity contribution in [3.8, 4) is 17.2 Å². The highest BCUT2D eigenvalue weighted by Gasteiger charge is 2.36. The molecule has 0 bridgehead atoms. The summed E-state index contributed by atoms with van der Waals surface area (Å²) >= 11 is 0. The van der Waals surface area contributed by atoms with E-state index in [4.69, 9.17) is 19.3 Å². The minimum absolute atomic E-state index is 0.0540. The van der Waals surface area contributed by atoms with Crippen molar-refractivity contribution >= 4 is 66.5 Å². The van der Waals surface area contributed by atoms with Gasteiger partial charge >= 0.3 is 0 Å². The first-order valence-corrected chi connectivity index (χ1v) is 16.1. The van der Waals surface area contributed by atoms with E-state index in [1.54, 1.807) is 24.3 Å². The van der Waals surface area contributed by atoms with Gasteiger partial charge in [0.1, 0.15) is 40.1 Å². The number of methoxy groups -OCH3 is 2. The van der Waals surface area contributed by atoms with Gasteiger partial charge in [-0.3, -0.25) is 24.1 Å². The molecule has 17 nitrogen and oxygen atoms in total.